The van der Waals surface area contributed by atoms with Crippen LogP contribution in [0, 0.1) is 11.8 Å². The second-order valence-electron chi connectivity index (χ2n) is 6.71. The Morgan fingerprint density at radius 3 is 1.40 bits per heavy atom. The monoisotopic (exact) mass is 282 g/mol. The van der Waals surface area contributed by atoms with Crippen molar-refractivity contribution in [1.82, 2.24) is 10.6 Å². The van der Waals surface area contributed by atoms with E-state index in [2.05, 4.69) is 24.5 Å². The lowest BCUT2D eigenvalue weighted by Crippen LogP contribution is -2.31. The molecule has 1 rings (SSSR count). The van der Waals surface area contributed by atoms with Crippen LogP contribution in [0.15, 0.2) is 0 Å². The fourth-order valence-electron chi connectivity index (χ4n) is 3.25. The summed E-state index contributed by atoms with van der Waals surface area (Å²) in [5, 5.41) is 7.31. The van der Waals surface area contributed by atoms with Crippen LogP contribution in [0.2, 0.25) is 0 Å². The van der Waals surface area contributed by atoms with Crippen LogP contribution in [-0.2, 0) is 0 Å². The second-order valence-corrected chi connectivity index (χ2v) is 6.71. The lowest BCUT2D eigenvalue weighted by atomic mass is 9.82. The summed E-state index contributed by atoms with van der Waals surface area (Å²) >= 11 is 0. The van der Waals surface area contributed by atoms with Gasteiger partial charge in [0.2, 0.25) is 0 Å². The molecule has 2 nitrogen and oxygen atoms in total. The van der Waals surface area contributed by atoms with Gasteiger partial charge >= 0.3 is 0 Å². The van der Waals surface area contributed by atoms with Crippen LogP contribution in [0.4, 0.5) is 0 Å². The van der Waals surface area contributed by atoms with Gasteiger partial charge in [-0.2, -0.15) is 0 Å². The summed E-state index contributed by atoms with van der Waals surface area (Å²) in [6, 6.07) is 0. The average Bonchev–Trinajstić information content (AvgIpc) is 2.48. The highest BCUT2D eigenvalue weighted by Crippen LogP contribution is 2.27. The minimum absolute atomic E-state index is 0.952. The Bertz CT molecular complexity index is 176. The highest BCUT2D eigenvalue weighted by molar-refractivity contribution is 4.75. The quantitative estimate of drug-likeness (QED) is 0.520. The van der Waals surface area contributed by atoms with Gasteiger partial charge in [-0.05, 0) is 76.5 Å². The second kappa shape index (κ2) is 12.6. The van der Waals surface area contributed by atoms with Crippen molar-refractivity contribution < 1.29 is 0 Å². The van der Waals surface area contributed by atoms with Crippen molar-refractivity contribution in [3.63, 3.8) is 0 Å². The fraction of sp³-hybridized carbons (Fsp3) is 1.00. The predicted octanol–water partition coefficient (Wildman–Crippen LogP) is 4.35. The molecule has 0 amide bonds. The third-order valence-corrected chi connectivity index (χ3v) is 4.75. The molecular formula is C18H38N2. The zero-order valence-corrected chi connectivity index (χ0v) is 14.1. The molecule has 0 aromatic heterocycles. The summed E-state index contributed by atoms with van der Waals surface area (Å²) in [6.07, 6.45) is 13.9. The first-order chi connectivity index (χ1) is 9.86. The van der Waals surface area contributed by atoms with Gasteiger partial charge in [-0.15, -0.1) is 0 Å². The van der Waals surface area contributed by atoms with Crippen molar-refractivity contribution in [2.45, 2.75) is 78.1 Å². The first kappa shape index (κ1) is 18.0. The lowest BCUT2D eigenvalue weighted by molar-refractivity contribution is 0.261. The number of hydrogen-bond acceptors (Lipinski definition) is 2. The van der Waals surface area contributed by atoms with E-state index in [1.165, 1.54) is 90.4 Å². The Balaban J connectivity index is 1.91. The Labute approximate surface area is 127 Å². The Kier molecular flexibility index (Phi) is 11.4. The molecule has 0 heterocycles. The van der Waals surface area contributed by atoms with Gasteiger partial charge in [-0.1, -0.05) is 39.5 Å². The van der Waals surface area contributed by atoms with Crippen LogP contribution in [-0.4, -0.2) is 26.2 Å². The molecule has 0 aliphatic heterocycles. The van der Waals surface area contributed by atoms with Gasteiger partial charge in [0, 0.05) is 0 Å². The molecule has 0 atom stereocenters. The van der Waals surface area contributed by atoms with Crippen molar-refractivity contribution in [1.29, 1.82) is 0 Å². The summed E-state index contributed by atoms with van der Waals surface area (Å²) in [6.45, 7) is 9.54. The van der Waals surface area contributed by atoms with E-state index in [-0.39, 0.29) is 0 Å². The molecule has 20 heavy (non-hydrogen) atoms. The molecule has 0 aromatic rings. The topological polar surface area (TPSA) is 24.1 Å². The van der Waals surface area contributed by atoms with Crippen molar-refractivity contribution in [3.8, 4) is 0 Å². The molecule has 2 N–H and O–H groups in total. The van der Waals surface area contributed by atoms with Crippen LogP contribution in [0.5, 0.6) is 0 Å². The van der Waals surface area contributed by atoms with Crippen LogP contribution in [0.1, 0.15) is 78.1 Å². The van der Waals surface area contributed by atoms with Gasteiger partial charge < -0.3 is 10.6 Å². The minimum atomic E-state index is 0.952. The molecule has 0 bridgehead atoms. The molecule has 0 spiro atoms. The van der Waals surface area contributed by atoms with Gasteiger partial charge in [-0.3, -0.25) is 0 Å². The number of unbranched alkanes of at least 4 members (excludes halogenated alkanes) is 4. The SMILES string of the molecule is CCCCCNC[C@H]1CC[C@H](CNCCCCC)CC1. The van der Waals surface area contributed by atoms with E-state index in [0.717, 1.165) is 11.8 Å². The van der Waals surface area contributed by atoms with Crippen LogP contribution in [0.25, 0.3) is 0 Å². The Hall–Kier alpha value is -0.0800. The summed E-state index contributed by atoms with van der Waals surface area (Å²) in [5.41, 5.74) is 0. The first-order valence-electron chi connectivity index (χ1n) is 9.28. The zero-order chi connectivity index (χ0) is 14.5. The molecule has 0 unspecified atom stereocenters. The first-order valence-corrected chi connectivity index (χ1v) is 9.28. The molecular weight excluding hydrogens is 244 g/mol. The molecule has 0 radical (unpaired) electrons. The van der Waals surface area contributed by atoms with Crippen LogP contribution < -0.4 is 10.6 Å². The van der Waals surface area contributed by atoms with Crippen molar-refractivity contribution in [2.75, 3.05) is 26.2 Å². The maximum Gasteiger partial charge on any atom is -0.00205 e. The lowest BCUT2D eigenvalue weighted by Gasteiger charge is -2.29. The molecule has 1 saturated carbocycles. The van der Waals surface area contributed by atoms with Crippen LogP contribution in [0.3, 0.4) is 0 Å². The fourth-order valence-corrected chi connectivity index (χ4v) is 3.25. The molecule has 2 heteroatoms. The van der Waals surface area contributed by atoms with E-state index in [4.69, 9.17) is 0 Å². The largest absolute Gasteiger partial charge is 0.316 e. The minimum Gasteiger partial charge on any atom is -0.316 e. The number of rotatable bonds is 12. The van der Waals surface area contributed by atoms with Gasteiger partial charge in [0.1, 0.15) is 0 Å². The van der Waals surface area contributed by atoms with E-state index < -0.39 is 0 Å². The highest BCUT2D eigenvalue weighted by Gasteiger charge is 2.20. The third-order valence-electron chi connectivity index (χ3n) is 4.75. The summed E-state index contributed by atoms with van der Waals surface area (Å²) in [4.78, 5) is 0. The van der Waals surface area contributed by atoms with Crippen molar-refractivity contribution in [2.24, 2.45) is 11.8 Å². The maximum atomic E-state index is 3.66. The van der Waals surface area contributed by atoms with Gasteiger partial charge in [-0.25, -0.2) is 0 Å². The van der Waals surface area contributed by atoms with Gasteiger partial charge in [0.05, 0.1) is 0 Å². The summed E-state index contributed by atoms with van der Waals surface area (Å²) in [5.74, 6) is 1.90. The smallest absolute Gasteiger partial charge is 0.00205 e. The number of nitrogens with one attached hydrogen (secondary N) is 2. The predicted molar refractivity (Wildman–Crippen MR) is 90.2 cm³/mol. The highest BCUT2D eigenvalue weighted by atomic mass is 14.9. The van der Waals surface area contributed by atoms with Crippen molar-refractivity contribution >= 4 is 0 Å². The summed E-state index contributed by atoms with van der Waals surface area (Å²) < 4.78 is 0. The van der Waals surface area contributed by atoms with Gasteiger partial charge in [0.25, 0.3) is 0 Å². The van der Waals surface area contributed by atoms with Crippen LogP contribution >= 0.6 is 0 Å². The van der Waals surface area contributed by atoms with E-state index in [1.807, 2.05) is 0 Å². The molecule has 0 saturated heterocycles. The Morgan fingerprint density at radius 1 is 0.650 bits per heavy atom. The zero-order valence-electron chi connectivity index (χ0n) is 14.1. The third kappa shape index (κ3) is 8.97. The standard InChI is InChI=1S/C18H38N2/c1-3-5-7-13-19-15-17-9-11-18(12-10-17)16-20-14-8-6-4-2/h17-20H,3-16H2,1-2H3/t17-,18-. The average molecular weight is 283 g/mol. The normalized spacial score (nSPS) is 23.1. The Morgan fingerprint density at radius 2 is 1.05 bits per heavy atom. The molecule has 120 valence electrons. The van der Waals surface area contributed by atoms with Gasteiger partial charge in [0.15, 0.2) is 0 Å². The molecule has 1 fully saturated rings. The molecule has 1 aliphatic rings. The molecule has 0 aromatic carbocycles. The molecule has 1 aliphatic carbocycles. The van der Waals surface area contributed by atoms with E-state index in [0.29, 0.717) is 0 Å². The maximum absolute atomic E-state index is 3.66. The number of hydrogen-bond donors (Lipinski definition) is 2. The van der Waals surface area contributed by atoms with E-state index in [1.54, 1.807) is 0 Å². The van der Waals surface area contributed by atoms with E-state index in [9.17, 15) is 0 Å². The summed E-state index contributed by atoms with van der Waals surface area (Å²) in [7, 11) is 0. The van der Waals surface area contributed by atoms with E-state index >= 15 is 0 Å². The van der Waals surface area contributed by atoms with Crippen molar-refractivity contribution in [3.05, 3.63) is 0 Å².